The molecule has 0 amide bonds. The lowest BCUT2D eigenvalue weighted by molar-refractivity contribution is 0.866. The van der Waals surface area contributed by atoms with Gasteiger partial charge in [-0.25, -0.2) is 9.97 Å². The summed E-state index contributed by atoms with van der Waals surface area (Å²) in [7, 11) is 0. The molecule has 3 rings (SSSR count). The highest BCUT2D eigenvalue weighted by Gasteiger charge is 2.07. The number of hydrogen-bond acceptors (Lipinski definition) is 6. The Labute approximate surface area is 167 Å². The molecular formula is C22H28N6. The summed E-state index contributed by atoms with van der Waals surface area (Å²) in [5.74, 6) is 2.30. The largest absolute Gasteiger partial charge is 0.372 e. The van der Waals surface area contributed by atoms with Crippen LogP contribution in [0.5, 0.6) is 0 Å². The number of nitrogens with one attached hydrogen (secondary N) is 2. The van der Waals surface area contributed by atoms with Gasteiger partial charge in [0.25, 0.3) is 0 Å². The van der Waals surface area contributed by atoms with Gasteiger partial charge in [-0.15, -0.1) is 0 Å². The summed E-state index contributed by atoms with van der Waals surface area (Å²) in [6.45, 7) is 11.1. The molecule has 0 aliphatic carbocycles. The van der Waals surface area contributed by atoms with Gasteiger partial charge >= 0.3 is 0 Å². The molecule has 0 atom stereocenters. The number of aryl methyl sites for hydroxylation is 2. The van der Waals surface area contributed by atoms with Gasteiger partial charge in [0.2, 0.25) is 0 Å². The molecule has 0 radical (unpaired) electrons. The second kappa shape index (κ2) is 9.17. The van der Waals surface area contributed by atoms with Crippen LogP contribution in [0.4, 0.5) is 23.0 Å². The normalized spacial score (nSPS) is 10.6. The number of anilines is 4. The van der Waals surface area contributed by atoms with Crippen molar-refractivity contribution in [1.29, 1.82) is 0 Å². The van der Waals surface area contributed by atoms with Crippen molar-refractivity contribution in [3.8, 4) is 0 Å². The lowest BCUT2D eigenvalue weighted by Gasteiger charge is -2.22. The van der Waals surface area contributed by atoms with Crippen LogP contribution in [0.3, 0.4) is 0 Å². The number of pyridine rings is 1. The zero-order valence-electron chi connectivity index (χ0n) is 17.0. The first kappa shape index (κ1) is 19.6. The fourth-order valence-corrected chi connectivity index (χ4v) is 3.13. The van der Waals surface area contributed by atoms with Crippen molar-refractivity contribution in [3.05, 3.63) is 65.7 Å². The Morgan fingerprint density at radius 2 is 1.61 bits per heavy atom. The molecule has 0 bridgehead atoms. The van der Waals surface area contributed by atoms with E-state index in [4.69, 9.17) is 0 Å². The lowest BCUT2D eigenvalue weighted by Crippen LogP contribution is -2.21. The summed E-state index contributed by atoms with van der Waals surface area (Å²) in [6, 6.07) is 12.4. The molecule has 0 aliphatic heterocycles. The van der Waals surface area contributed by atoms with E-state index in [1.165, 1.54) is 11.3 Å². The molecule has 0 saturated heterocycles. The predicted molar refractivity (Wildman–Crippen MR) is 116 cm³/mol. The molecule has 6 heteroatoms. The maximum Gasteiger partial charge on any atom is 0.136 e. The molecule has 2 aromatic heterocycles. The molecule has 2 N–H and O–H groups in total. The van der Waals surface area contributed by atoms with Crippen LogP contribution in [0, 0.1) is 13.8 Å². The van der Waals surface area contributed by atoms with Crippen LogP contribution >= 0.6 is 0 Å². The first-order valence-corrected chi connectivity index (χ1v) is 9.70. The summed E-state index contributed by atoms with van der Waals surface area (Å²) in [5, 5.41) is 6.79. The lowest BCUT2D eigenvalue weighted by atomic mass is 10.1. The van der Waals surface area contributed by atoms with Gasteiger partial charge < -0.3 is 15.5 Å². The topological polar surface area (TPSA) is 66.0 Å². The van der Waals surface area contributed by atoms with Crippen LogP contribution in [-0.2, 0) is 6.54 Å². The summed E-state index contributed by atoms with van der Waals surface area (Å²) < 4.78 is 0. The van der Waals surface area contributed by atoms with Gasteiger partial charge in [0.1, 0.15) is 17.5 Å². The van der Waals surface area contributed by atoms with Crippen LogP contribution in [0.15, 0.2) is 48.8 Å². The Balaban J connectivity index is 1.74. The summed E-state index contributed by atoms with van der Waals surface area (Å²) in [5.41, 5.74) is 4.64. The molecule has 3 aromatic rings. The minimum absolute atomic E-state index is 0.690. The van der Waals surface area contributed by atoms with Crippen molar-refractivity contribution in [1.82, 2.24) is 15.0 Å². The van der Waals surface area contributed by atoms with E-state index in [1.807, 2.05) is 25.1 Å². The van der Waals surface area contributed by atoms with E-state index in [-0.39, 0.29) is 0 Å². The Morgan fingerprint density at radius 3 is 2.29 bits per heavy atom. The zero-order valence-corrected chi connectivity index (χ0v) is 17.0. The van der Waals surface area contributed by atoms with Gasteiger partial charge in [0.15, 0.2) is 0 Å². The minimum atomic E-state index is 0.690. The number of hydrogen-bond donors (Lipinski definition) is 2. The fraction of sp³-hybridized carbons (Fsp3) is 0.318. The monoisotopic (exact) mass is 376 g/mol. The molecular weight excluding hydrogens is 348 g/mol. The standard InChI is InChI=1S/C22H28N6/c1-5-28(6-2)19-7-8-20(16(3)13-19)27-22-14-21(25-17(4)26-22)24-15-18-9-11-23-12-10-18/h7-14H,5-6,15H2,1-4H3,(H2,24,25,26,27). The smallest absolute Gasteiger partial charge is 0.136 e. The number of rotatable bonds is 8. The molecule has 0 aliphatic rings. The highest BCUT2D eigenvalue weighted by atomic mass is 15.1. The fourth-order valence-electron chi connectivity index (χ4n) is 3.13. The van der Waals surface area contributed by atoms with Crippen LogP contribution in [0.1, 0.15) is 30.8 Å². The van der Waals surface area contributed by atoms with Crippen molar-refractivity contribution < 1.29 is 0 Å². The van der Waals surface area contributed by atoms with Gasteiger partial charge in [-0.1, -0.05) is 0 Å². The average molecular weight is 377 g/mol. The second-order valence-electron chi connectivity index (χ2n) is 6.69. The van der Waals surface area contributed by atoms with Gasteiger partial charge in [0, 0.05) is 49.5 Å². The molecule has 0 spiro atoms. The van der Waals surface area contributed by atoms with E-state index in [0.717, 1.165) is 41.8 Å². The summed E-state index contributed by atoms with van der Waals surface area (Å²) in [4.78, 5) is 15.4. The molecule has 0 saturated carbocycles. The minimum Gasteiger partial charge on any atom is -0.372 e. The van der Waals surface area contributed by atoms with Crippen LogP contribution in [-0.4, -0.2) is 28.0 Å². The van der Waals surface area contributed by atoms with E-state index >= 15 is 0 Å². The molecule has 0 unspecified atom stereocenters. The Bertz CT molecular complexity index is 906. The van der Waals surface area contributed by atoms with Crippen molar-refractivity contribution in [2.45, 2.75) is 34.2 Å². The first-order valence-electron chi connectivity index (χ1n) is 9.70. The Hall–Kier alpha value is -3.15. The molecule has 2 heterocycles. The van der Waals surface area contributed by atoms with E-state index in [1.54, 1.807) is 12.4 Å². The van der Waals surface area contributed by atoms with Gasteiger partial charge in [-0.3, -0.25) is 4.98 Å². The Morgan fingerprint density at radius 1 is 0.893 bits per heavy atom. The predicted octanol–water partition coefficient (Wildman–Crippen LogP) is 4.69. The summed E-state index contributed by atoms with van der Waals surface area (Å²) in [6.07, 6.45) is 3.58. The highest BCUT2D eigenvalue weighted by Crippen LogP contribution is 2.25. The molecule has 146 valence electrons. The first-order chi connectivity index (χ1) is 13.6. The maximum absolute atomic E-state index is 4.53. The second-order valence-corrected chi connectivity index (χ2v) is 6.69. The van der Waals surface area contributed by atoms with Gasteiger partial charge in [0.05, 0.1) is 0 Å². The number of benzene rings is 1. The van der Waals surface area contributed by atoms with Crippen LogP contribution < -0.4 is 15.5 Å². The van der Waals surface area contributed by atoms with E-state index < -0.39 is 0 Å². The highest BCUT2D eigenvalue weighted by molar-refractivity contribution is 5.66. The van der Waals surface area contributed by atoms with E-state index in [2.05, 4.69) is 69.5 Å². The van der Waals surface area contributed by atoms with Gasteiger partial charge in [-0.2, -0.15) is 0 Å². The van der Waals surface area contributed by atoms with Gasteiger partial charge in [-0.05, 0) is 69.2 Å². The maximum atomic E-state index is 4.53. The third-order valence-electron chi connectivity index (χ3n) is 4.66. The Kier molecular flexibility index (Phi) is 6.42. The van der Waals surface area contributed by atoms with Crippen LogP contribution in [0.2, 0.25) is 0 Å². The molecule has 0 fully saturated rings. The quantitative estimate of drug-likeness (QED) is 0.594. The van der Waals surface area contributed by atoms with Crippen molar-refractivity contribution in [3.63, 3.8) is 0 Å². The molecule has 28 heavy (non-hydrogen) atoms. The molecule has 1 aromatic carbocycles. The van der Waals surface area contributed by atoms with Crippen molar-refractivity contribution in [2.75, 3.05) is 28.6 Å². The SMILES string of the molecule is CCN(CC)c1ccc(Nc2cc(NCc3ccncc3)nc(C)n2)c(C)c1. The number of aromatic nitrogens is 3. The van der Waals surface area contributed by atoms with Crippen molar-refractivity contribution in [2.24, 2.45) is 0 Å². The van der Waals surface area contributed by atoms with E-state index in [9.17, 15) is 0 Å². The molecule has 6 nitrogen and oxygen atoms in total. The number of nitrogens with zero attached hydrogens (tertiary/aromatic N) is 4. The third-order valence-corrected chi connectivity index (χ3v) is 4.66. The van der Waals surface area contributed by atoms with Crippen LogP contribution in [0.25, 0.3) is 0 Å². The zero-order chi connectivity index (χ0) is 19.9. The third kappa shape index (κ3) is 4.97. The summed E-state index contributed by atoms with van der Waals surface area (Å²) >= 11 is 0. The van der Waals surface area contributed by atoms with Crippen molar-refractivity contribution >= 4 is 23.0 Å². The average Bonchev–Trinajstić information content (AvgIpc) is 2.70. The van der Waals surface area contributed by atoms with E-state index in [0.29, 0.717) is 6.54 Å².